The van der Waals surface area contributed by atoms with E-state index in [0.717, 1.165) is 5.56 Å². The van der Waals surface area contributed by atoms with Gasteiger partial charge in [0.2, 0.25) is 5.69 Å². The molecular weight excluding hydrogens is 366 g/mol. The van der Waals surface area contributed by atoms with Crippen LogP contribution in [0.25, 0.3) is 16.0 Å². The average Bonchev–Trinajstić information content (AvgIpc) is 3.04. The van der Waals surface area contributed by atoms with Crippen LogP contribution in [0.3, 0.4) is 0 Å². The molecule has 2 aromatic carbocycles. The molecule has 144 valence electrons. The molecule has 1 N–H and O–H groups in total. The van der Waals surface area contributed by atoms with Crippen LogP contribution in [0.4, 0.5) is 5.69 Å². The number of hydrogen-bond acceptors (Lipinski definition) is 3. The normalized spacial score (nSPS) is 10.2. The van der Waals surface area contributed by atoms with Crippen LogP contribution >= 0.6 is 0 Å². The third-order valence-corrected chi connectivity index (χ3v) is 4.81. The first kappa shape index (κ1) is 19.7. The van der Waals surface area contributed by atoms with Crippen molar-refractivity contribution in [3.63, 3.8) is 0 Å². The van der Waals surface area contributed by atoms with Crippen molar-refractivity contribution in [3.05, 3.63) is 82.5 Å². The topological polar surface area (TPSA) is 79.6 Å². The molecule has 0 aliphatic rings. The molecule has 0 spiro atoms. The summed E-state index contributed by atoms with van der Waals surface area (Å²) < 4.78 is 7.35. The van der Waals surface area contributed by atoms with Crippen LogP contribution in [-0.2, 0) is 20.1 Å². The van der Waals surface area contributed by atoms with E-state index in [1.165, 1.54) is 0 Å². The predicted octanol–water partition coefficient (Wildman–Crippen LogP) is 4.95. The monoisotopic (exact) mass is 385 g/mol. The summed E-state index contributed by atoms with van der Waals surface area (Å²) in [6.45, 7) is 9.69. The minimum Gasteiger partial charge on any atom is -0.489 e. The highest BCUT2D eigenvalue weighted by Crippen LogP contribution is 2.39. The molecule has 0 amide bonds. The number of aromatic carboxylic acids is 1. The van der Waals surface area contributed by atoms with E-state index in [-0.39, 0.29) is 12.3 Å². The number of aromatic nitrogens is 1. The molecule has 0 saturated carbocycles. The first-order valence-electron chi connectivity index (χ1n) is 9.05. The molecular formula is C23H19N3O3. The zero-order valence-corrected chi connectivity index (χ0v) is 16.1. The standard InChI is InChI=1S/C23H19N3O3/c1-4-19-21(25-2)20(22(23(27)28)26(19)3)15-9-11-18(12-10-15)29-14-17-8-6-5-7-16(17)13-24/h5-12H,4,14H2,1,3H3,(H,27,28). The quantitative estimate of drug-likeness (QED) is 0.609. The van der Waals surface area contributed by atoms with Gasteiger partial charge in [-0.05, 0) is 30.2 Å². The van der Waals surface area contributed by atoms with E-state index >= 15 is 0 Å². The molecule has 0 unspecified atom stereocenters. The summed E-state index contributed by atoms with van der Waals surface area (Å²) in [6, 6.07) is 16.3. The molecule has 0 radical (unpaired) electrons. The van der Waals surface area contributed by atoms with Crippen LogP contribution in [-0.4, -0.2) is 15.6 Å². The number of carboxylic acid groups (broad SMARTS) is 1. The van der Waals surface area contributed by atoms with Crippen molar-refractivity contribution in [2.45, 2.75) is 20.0 Å². The Morgan fingerprint density at radius 2 is 1.93 bits per heavy atom. The lowest BCUT2D eigenvalue weighted by Crippen LogP contribution is -2.07. The van der Waals surface area contributed by atoms with E-state index in [1.807, 2.05) is 19.1 Å². The van der Waals surface area contributed by atoms with E-state index < -0.39 is 5.97 Å². The molecule has 29 heavy (non-hydrogen) atoms. The maximum absolute atomic E-state index is 11.8. The van der Waals surface area contributed by atoms with Gasteiger partial charge in [0, 0.05) is 23.9 Å². The maximum Gasteiger partial charge on any atom is 0.351 e. The van der Waals surface area contributed by atoms with Crippen molar-refractivity contribution >= 4 is 11.7 Å². The number of carboxylic acids is 1. The Balaban J connectivity index is 1.92. The van der Waals surface area contributed by atoms with Crippen molar-refractivity contribution in [3.8, 4) is 22.9 Å². The van der Waals surface area contributed by atoms with E-state index in [1.54, 1.807) is 48.0 Å². The third-order valence-electron chi connectivity index (χ3n) is 4.81. The van der Waals surface area contributed by atoms with Crippen molar-refractivity contribution < 1.29 is 14.6 Å². The van der Waals surface area contributed by atoms with Crippen LogP contribution in [0, 0.1) is 17.9 Å². The molecule has 1 heterocycles. The molecule has 3 rings (SSSR count). The lowest BCUT2D eigenvalue weighted by molar-refractivity contribution is 0.0687. The van der Waals surface area contributed by atoms with E-state index in [2.05, 4.69) is 10.9 Å². The van der Waals surface area contributed by atoms with Crippen LogP contribution in [0.1, 0.15) is 34.2 Å². The van der Waals surface area contributed by atoms with Crippen LogP contribution in [0.2, 0.25) is 0 Å². The van der Waals surface area contributed by atoms with Gasteiger partial charge in [-0.2, -0.15) is 5.26 Å². The zero-order valence-electron chi connectivity index (χ0n) is 16.1. The van der Waals surface area contributed by atoms with Gasteiger partial charge in [0.15, 0.2) is 0 Å². The summed E-state index contributed by atoms with van der Waals surface area (Å²) in [7, 11) is 1.67. The highest BCUT2D eigenvalue weighted by atomic mass is 16.5. The zero-order chi connectivity index (χ0) is 21.0. The third kappa shape index (κ3) is 3.69. The van der Waals surface area contributed by atoms with Gasteiger partial charge in [0.1, 0.15) is 18.1 Å². The molecule has 6 nitrogen and oxygen atoms in total. The molecule has 0 fully saturated rings. The lowest BCUT2D eigenvalue weighted by Gasteiger charge is -2.09. The average molecular weight is 385 g/mol. The Labute approximate surface area is 169 Å². The molecule has 0 aliphatic carbocycles. The summed E-state index contributed by atoms with van der Waals surface area (Å²) in [4.78, 5) is 15.4. The van der Waals surface area contributed by atoms with Crippen LogP contribution < -0.4 is 4.74 Å². The summed E-state index contributed by atoms with van der Waals surface area (Å²) in [5, 5.41) is 18.8. The second kappa shape index (κ2) is 8.33. The number of rotatable bonds is 6. The van der Waals surface area contributed by atoms with E-state index in [4.69, 9.17) is 16.6 Å². The van der Waals surface area contributed by atoms with Gasteiger partial charge in [0.05, 0.1) is 18.2 Å². The molecule has 1 aromatic heterocycles. The number of hydrogen-bond donors (Lipinski definition) is 1. The number of nitriles is 1. The first-order chi connectivity index (χ1) is 14.0. The SMILES string of the molecule is [C-]#[N+]c1c(-c2ccc(OCc3ccccc3C#N)cc2)c(C(=O)O)n(C)c1CC. The van der Waals surface area contributed by atoms with Gasteiger partial charge in [-0.15, -0.1) is 0 Å². The Hall–Kier alpha value is -4.03. The Bertz CT molecular complexity index is 1150. The first-order valence-corrected chi connectivity index (χ1v) is 9.05. The molecule has 0 bridgehead atoms. The smallest absolute Gasteiger partial charge is 0.351 e. The fourth-order valence-corrected chi connectivity index (χ4v) is 3.40. The molecule has 0 aliphatic heterocycles. The summed E-state index contributed by atoms with van der Waals surface area (Å²) in [5.74, 6) is -0.477. The minimum absolute atomic E-state index is 0.101. The highest BCUT2D eigenvalue weighted by Gasteiger charge is 2.25. The van der Waals surface area contributed by atoms with Gasteiger partial charge in [-0.3, -0.25) is 0 Å². The van der Waals surface area contributed by atoms with Gasteiger partial charge in [0.25, 0.3) is 0 Å². The molecule has 3 aromatic rings. The summed E-state index contributed by atoms with van der Waals surface area (Å²) >= 11 is 0. The fourth-order valence-electron chi connectivity index (χ4n) is 3.40. The number of benzene rings is 2. The summed E-state index contributed by atoms with van der Waals surface area (Å²) in [6.07, 6.45) is 0.563. The summed E-state index contributed by atoms with van der Waals surface area (Å²) in [5.41, 5.74) is 3.59. The van der Waals surface area contributed by atoms with Crippen molar-refractivity contribution in [1.82, 2.24) is 4.57 Å². The van der Waals surface area contributed by atoms with Gasteiger partial charge < -0.3 is 14.4 Å². The molecule has 6 heteroatoms. The Morgan fingerprint density at radius 3 is 2.52 bits per heavy atom. The molecule has 0 saturated heterocycles. The largest absolute Gasteiger partial charge is 0.489 e. The number of nitrogens with zero attached hydrogens (tertiary/aromatic N) is 3. The van der Waals surface area contributed by atoms with Gasteiger partial charge in [-0.25, -0.2) is 9.64 Å². The lowest BCUT2D eigenvalue weighted by atomic mass is 10.0. The number of carbonyl (C=O) groups is 1. The van der Waals surface area contributed by atoms with Gasteiger partial charge >= 0.3 is 5.97 Å². The van der Waals surface area contributed by atoms with E-state index in [0.29, 0.717) is 40.2 Å². The van der Waals surface area contributed by atoms with Crippen molar-refractivity contribution in [2.75, 3.05) is 0 Å². The fraction of sp³-hybridized carbons (Fsp3) is 0.174. The second-order valence-electron chi connectivity index (χ2n) is 6.43. The Kier molecular flexibility index (Phi) is 5.66. The maximum atomic E-state index is 11.8. The van der Waals surface area contributed by atoms with Gasteiger partial charge in [-0.1, -0.05) is 37.3 Å². The minimum atomic E-state index is -1.07. The van der Waals surface area contributed by atoms with Crippen LogP contribution in [0.5, 0.6) is 5.75 Å². The van der Waals surface area contributed by atoms with Crippen LogP contribution in [0.15, 0.2) is 48.5 Å². The Morgan fingerprint density at radius 1 is 1.24 bits per heavy atom. The predicted molar refractivity (Wildman–Crippen MR) is 109 cm³/mol. The highest BCUT2D eigenvalue weighted by molar-refractivity contribution is 6.00. The number of ether oxygens (including phenoxy) is 1. The molecule has 0 atom stereocenters. The van der Waals surface area contributed by atoms with Crippen molar-refractivity contribution in [2.24, 2.45) is 7.05 Å². The van der Waals surface area contributed by atoms with Crippen molar-refractivity contribution in [1.29, 1.82) is 5.26 Å². The van der Waals surface area contributed by atoms with E-state index in [9.17, 15) is 9.90 Å². The second-order valence-corrected chi connectivity index (χ2v) is 6.43.